The van der Waals surface area contributed by atoms with Crippen LogP contribution >= 0.6 is 11.3 Å². The highest BCUT2D eigenvalue weighted by Gasteiger charge is 2.37. The Balaban J connectivity index is 1.80. The van der Waals surface area contributed by atoms with Gasteiger partial charge >= 0.3 is 12.1 Å². The molecule has 3 rings (SSSR count). The average Bonchev–Trinajstić information content (AvgIpc) is 3.31. The first-order chi connectivity index (χ1) is 13.1. The Hall–Kier alpha value is -1.92. The number of rotatable bonds is 5. The number of alkyl halides is 3. The molecule has 3 heterocycles. The summed E-state index contributed by atoms with van der Waals surface area (Å²) < 4.78 is 74.1. The Bertz CT molecular complexity index is 952. The van der Waals surface area contributed by atoms with Crippen LogP contribution in [0, 0.1) is 5.92 Å². The van der Waals surface area contributed by atoms with Gasteiger partial charge in [0, 0.05) is 19.2 Å². The maximum atomic E-state index is 12.9. The number of carbonyl (C=O) groups is 1. The molecule has 0 amide bonds. The second-order valence-electron chi connectivity index (χ2n) is 6.15. The standard InChI is InChI=1S/C16H17F3N2O5S2/c1-2-25-15(22)10-4-3-7-21(9-10)28(23,24)14-6-5-12(27-14)11-8-13(26-20-11)16(17,18)19/h5-6,8,10H,2-4,7,9H2,1H3/t10-/m1/s1. The Morgan fingerprint density at radius 2 is 2.18 bits per heavy atom. The summed E-state index contributed by atoms with van der Waals surface area (Å²) in [6, 6.07) is 3.41. The molecule has 1 saturated heterocycles. The van der Waals surface area contributed by atoms with Gasteiger partial charge in [0.25, 0.3) is 10.0 Å². The highest BCUT2D eigenvalue weighted by atomic mass is 32.2. The highest BCUT2D eigenvalue weighted by Crippen LogP contribution is 2.36. The molecule has 0 N–H and O–H groups in total. The lowest BCUT2D eigenvalue weighted by molar-refractivity contribution is -0.155. The number of ether oxygens (including phenoxy) is 1. The molecule has 2 aromatic heterocycles. The van der Waals surface area contributed by atoms with Crippen molar-refractivity contribution in [2.24, 2.45) is 5.92 Å². The summed E-state index contributed by atoms with van der Waals surface area (Å²) in [5.74, 6) is -2.22. The van der Waals surface area contributed by atoms with E-state index >= 15 is 0 Å². The number of carbonyl (C=O) groups excluding carboxylic acids is 1. The Kier molecular flexibility index (Phi) is 5.82. The predicted octanol–water partition coefficient (Wildman–Crippen LogP) is 3.39. The molecule has 2 aromatic rings. The lowest BCUT2D eigenvalue weighted by atomic mass is 10.0. The number of esters is 1. The van der Waals surface area contributed by atoms with Crippen LogP contribution in [0.5, 0.6) is 0 Å². The van der Waals surface area contributed by atoms with Crippen LogP contribution in [0.2, 0.25) is 0 Å². The third kappa shape index (κ3) is 4.23. The molecule has 0 bridgehead atoms. The van der Waals surface area contributed by atoms with E-state index in [1.807, 2.05) is 0 Å². The van der Waals surface area contributed by atoms with Crippen molar-refractivity contribution >= 4 is 27.3 Å². The van der Waals surface area contributed by atoms with Gasteiger partial charge in [0.2, 0.25) is 5.76 Å². The number of thiophene rings is 1. The van der Waals surface area contributed by atoms with Crippen LogP contribution in [0.1, 0.15) is 25.5 Å². The molecule has 0 spiro atoms. The molecule has 1 aliphatic rings. The number of piperidine rings is 1. The van der Waals surface area contributed by atoms with Gasteiger partial charge in [0.15, 0.2) is 0 Å². The molecule has 0 radical (unpaired) electrons. The molecule has 1 fully saturated rings. The SMILES string of the molecule is CCOC(=O)[C@@H]1CCCN(S(=O)(=O)c2ccc(-c3cc(C(F)(F)F)on3)s2)C1. The third-order valence-corrected chi connectivity index (χ3v) is 7.66. The second kappa shape index (κ2) is 7.84. The third-order valence-electron chi connectivity index (χ3n) is 4.22. The largest absolute Gasteiger partial charge is 0.466 e. The van der Waals surface area contributed by atoms with E-state index in [1.54, 1.807) is 6.92 Å². The summed E-state index contributed by atoms with van der Waals surface area (Å²) in [4.78, 5) is 12.2. The van der Waals surface area contributed by atoms with Gasteiger partial charge in [-0.25, -0.2) is 8.42 Å². The first-order valence-corrected chi connectivity index (χ1v) is 10.7. The Labute approximate surface area is 163 Å². The zero-order chi connectivity index (χ0) is 20.5. The van der Waals surface area contributed by atoms with Crippen molar-refractivity contribution < 1.29 is 35.6 Å². The fourth-order valence-corrected chi connectivity index (χ4v) is 5.80. The molecular formula is C16H17F3N2O5S2. The van der Waals surface area contributed by atoms with Crippen LogP contribution < -0.4 is 0 Å². The molecule has 1 atom stereocenters. The summed E-state index contributed by atoms with van der Waals surface area (Å²) in [7, 11) is -3.89. The van der Waals surface area contributed by atoms with Crippen molar-refractivity contribution in [2.45, 2.75) is 30.2 Å². The summed E-state index contributed by atoms with van der Waals surface area (Å²) in [6.07, 6.45) is -3.62. The minimum Gasteiger partial charge on any atom is -0.466 e. The topological polar surface area (TPSA) is 89.7 Å². The zero-order valence-corrected chi connectivity index (χ0v) is 16.4. The van der Waals surface area contributed by atoms with Crippen LogP contribution in [-0.2, 0) is 25.7 Å². The summed E-state index contributed by atoms with van der Waals surface area (Å²) in [5, 5.41) is 3.36. The van der Waals surface area contributed by atoms with Crippen molar-refractivity contribution in [3.8, 4) is 10.6 Å². The Morgan fingerprint density at radius 3 is 2.82 bits per heavy atom. The van der Waals surface area contributed by atoms with Gasteiger partial charge in [-0.3, -0.25) is 4.79 Å². The quantitative estimate of drug-likeness (QED) is 0.665. The fraction of sp³-hybridized carbons (Fsp3) is 0.500. The van der Waals surface area contributed by atoms with Gasteiger partial charge < -0.3 is 9.26 Å². The highest BCUT2D eigenvalue weighted by molar-refractivity contribution is 7.91. The van der Waals surface area contributed by atoms with E-state index in [4.69, 9.17) is 4.74 Å². The van der Waals surface area contributed by atoms with Gasteiger partial charge in [-0.15, -0.1) is 11.3 Å². The first-order valence-electron chi connectivity index (χ1n) is 8.44. The first kappa shape index (κ1) is 20.8. The molecule has 0 aliphatic carbocycles. The van der Waals surface area contributed by atoms with Crippen LogP contribution in [0.4, 0.5) is 13.2 Å². The van der Waals surface area contributed by atoms with Crippen LogP contribution in [0.25, 0.3) is 10.6 Å². The minimum absolute atomic E-state index is 0.0105. The van der Waals surface area contributed by atoms with Crippen molar-refractivity contribution in [1.82, 2.24) is 9.46 Å². The second-order valence-corrected chi connectivity index (χ2v) is 9.40. The number of sulfonamides is 1. The van der Waals surface area contributed by atoms with Crippen molar-refractivity contribution in [3.63, 3.8) is 0 Å². The van der Waals surface area contributed by atoms with Crippen molar-refractivity contribution in [2.75, 3.05) is 19.7 Å². The molecule has 154 valence electrons. The lowest BCUT2D eigenvalue weighted by Gasteiger charge is -2.30. The van der Waals surface area contributed by atoms with Gasteiger partial charge in [0.05, 0.1) is 17.4 Å². The van der Waals surface area contributed by atoms with Gasteiger partial charge in [0.1, 0.15) is 9.90 Å². The van der Waals surface area contributed by atoms with E-state index in [0.717, 1.165) is 17.4 Å². The molecule has 7 nitrogen and oxygen atoms in total. The normalized spacial score (nSPS) is 18.9. The maximum Gasteiger partial charge on any atom is 0.452 e. The minimum atomic E-state index is -4.67. The predicted molar refractivity (Wildman–Crippen MR) is 92.9 cm³/mol. The lowest BCUT2D eigenvalue weighted by Crippen LogP contribution is -2.42. The molecule has 0 saturated carbocycles. The van der Waals surface area contributed by atoms with Gasteiger partial charge in [-0.1, -0.05) is 5.16 Å². The summed E-state index contributed by atoms with van der Waals surface area (Å²) in [5.41, 5.74) is -0.0955. The van der Waals surface area contributed by atoms with Crippen LogP contribution in [0.3, 0.4) is 0 Å². The van der Waals surface area contributed by atoms with Crippen molar-refractivity contribution in [3.05, 3.63) is 24.0 Å². The van der Waals surface area contributed by atoms with E-state index in [-0.39, 0.29) is 34.5 Å². The monoisotopic (exact) mass is 438 g/mol. The summed E-state index contributed by atoms with van der Waals surface area (Å²) in [6.45, 7) is 2.16. The van der Waals surface area contributed by atoms with Gasteiger partial charge in [-0.2, -0.15) is 17.5 Å². The van der Waals surface area contributed by atoms with E-state index < -0.39 is 33.8 Å². The Morgan fingerprint density at radius 1 is 1.43 bits per heavy atom. The van der Waals surface area contributed by atoms with E-state index in [2.05, 4.69) is 9.68 Å². The number of halogens is 3. The van der Waals surface area contributed by atoms with Gasteiger partial charge in [-0.05, 0) is 31.9 Å². The average molecular weight is 438 g/mol. The van der Waals surface area contributed by atoms with E-state index in [1.165, 1.54) is 16.4 Å². The summed E-state index contributed by atoms with van der Waals surface area (Å²) >= 11 is 0.795. The molecule has 0 unspecified atom stereocenters. The molecule has 1 aliphatic heterocycles. The molecular weight excluding hydrogens is 421 g/mol. The van der Waals surface area contributed by atoms with Crippen LogP contribution in [0.15, 0.2) is 26.9 Å². The van der Waals surface area contributed by atoms with Crippen molar-refractivity contribution in [1.29, 1.82) is 0 Å². The maximum absolute atomic E-state index is 12.9. The zero-order valence-electron chi connectivity index (χ0n) is 14.7. The smallest absolute Gasteiger partial charge is 0.452 e. The van der Waals surface area contributed by atoms with Crippen LogP contribution in [-0.4, -0.2) is 43.5 Å². The molecule has 12 heteroatoms. The number of nitrogens with zero attached hydrogens (tertiary/aromatic N) is 2. The van der Waals surface area contributed by atoms with E-state index in [0.29, 0.717) is 12.8 Å². The number of aromatic nitrogens is 1. The molecule has 28 heavy (non-hydrogen) atoms. The van der Waals surface area contributed by atoms with E-state index in [9.17, 15) is 26.4 Å². The number of hydrogen-bond donors (Lipinski definition) is 0. The fourth-order valence-electron chi connectivity index (χ4n) is 2.86. The molecule has 0 aromatic carbocycles. The number of hydrogen-bond acceptors (Lipinski definition) is 7.